The van der Waals surface area contributed by atoms with Crippen LogP contribution in [-0.2, 0) is 19.7 Å². The second-order valence-electron chi connectivity index (χ2n) is 7.55. The highest BCUT2D eigenvalue weighted by Gasteiger charge is 2.35. The van der Waals surface area contributed by atoms with Gasteiger partial charge in [0.05, 0.1) is 25.2 Å². The van der Waals surface area contributed by atoms with Gasteiger partial charge in [0.1, 0.15) is 0 Å². The first-order valence-corrected chi connectivity index (χ1v) is 9.41. The number of morpholine rings is 1. The van der Waals surface area contributed by atoms with Gasteiger partial charge in [-0.2, -0.15) is 0 Å². The van der Waals surface area contributed by atoms with Crippen molar-refractivity contribution >= 4 is 11.8 Å². The highest BCUT2D eigenvalue weighted by molar-refractivity contribution is 5.87. The molecule has 0 saturated carbocycles. The number of ether oxygens (including phenoxy) is 1. The van der Waals surface area contributed by atoms with E-state index < -0.39 is 5.41 Å². The van der Waals surface area contributed by atoms with Gasteiger partial charge in [0.25, 0.3) is 0 Å². The van der Waals surface area contributed by atoms with Gasteiger partial charge in [-0.05, 0) is 19.4 Å². The van der Waals surface area contributed by atoms with Crippen LogP contribution in [0.15, 0.2) is 30.3 Å². The Morgan fingerprint density at radius 1 is 0.923 bits per heavy atom. The van der Waals surface area contributed by atoms with E-state index in [1.54, 1.807) is 0 Å². The van der Waals surface area contributed by atoms with Gasteiger partial charge in [-0.1, -0.05) is 30.3 Å². The third kappa shape index (κ3) is 4.24. The first-order chi connectivity index (χ1) is 12.5. The number of piperazine rings is 1. The fourth-order valence-electron chi connectivity index (χ4n) is 3.59. The molecule has 2 fully saturated rings. The van der Waals surface area contributed by atoms with E-state index in [1.165, 1.54) is 0 Å². The lowest BCUT2D eigenvalue weighted by molar-refractivity contribution is -0.140. The minimum atomic E-state index is -0.535. The van der Waals surface area contributed by atoms with Crippen molar-refractivity contribution in [3.63, 3.8) is 0 Å². The fraction of sp³-hybridized carbons (Fsp3) is 0.600. The molecule has 6 nitrogen and oxygen atoms in total. The summed E-state index contributed by atoms with van der Waals surface area (Å²) in [5.41, 5.74) is 0.502. The minimum Gasteiger partial charge on any atom is -0.378 e. The topological polar surface area (TPSA) is 53.1 Å². The van der Waals surface area contributed by atoms with E-state index in [-0.39, 0.29) is 11.8 Å². The maximum atomic E-state index is 13.0. The Labute approximate surface area is 155 Å². The maximum absolute atomic E-state index is 13.0. The molecule has 2 amide bonds. The molecule has 6 heteroatoms. The Kier molecular flexibility index (Phi) is 5.94. The molecule has 3 rings (SSSR count). The van der Waals surface area contributed by atoms with Crippen LogP contribution >= 0.6 is 0 Å². The molecule has 1 aromatic rings. The molecule has 142 valence electrons. The third-order valence-electron chi connectivity index (χ3n) is 5.41. The van der Waals surface area contributed by atoms with Crippen LogP contribution in [0.5, 0.6) is 0 Å². The number of nitrogens with zero attached hydrogens (tertiary/aromatic N) is 3. The zero-order valence-corrected chi connectivity index (χ0v) is 15.8. The number of rotatable bonds is 4. The van der Waals surface area contributed by atoms with Crippen molar-refractivity contribution in [3.05, 3.63) is 35.9 Å². The van der Waals surface area contributed by atoms with Crippen LogP contribution in [0.1, 0.15) is 19.4 Å². The van der Waals surface area contributed by atoms with E-state index >= 15 is 0 Å². The van der Waals surface area contributed by atoms with Crippen molar-refractivity contribution in [2.75, 3.05) is 59.0 Å². The molecule has 26 heavy (non-hydrogen) atoms. The summed E-state index contributed by atoms with van der Waals surface area (Å²) in [4.78, 5) is 31.3. The van der Waals surface area contributed by atoms with Gasteiger partial charge in [0, 0.05) is 39.3 Å². The van der Waals surface area contributed by atoms with Crippen molar-refractivity contribution < 1.29 is 14.3 Å². The van der Waals surface area contributed by atoms with Gasteiger partial charge in [0.15, 0.2) is 0 Å². The van der Waals surface area contributed by atoms with Gasteiger partial charge < -0.3 is 14.5 Å². The third-order valence-corrected chi connectivity index (χ3v) is 5.41. The van der Waals surface area contributed by atoms with E-state index in [0.29, 0.717) is 45.9 Å². The lowest BCUT2D eigenvalue weighted by Crippen LogP contribution is -2.55. The number of hydrogen-bond donors (Lipinski definition) is 0. The van der Waals surface area contributed by atoms with Crippen LogP contribution in [-0.4, -0.2) is 85.5 Å². The molecule has 2 saturated heterocycles. The summed E-state index contributed by atoms with van der Waals surface area (Å²) in [6.45, 7) is 9.86. The van der Waals surface area contributed by atoms with Gasteiger partial charge in [0.2, 0.25) is 11.8 Å². The van der Waals surface area contributed by atoms with Crippen molar-refractivity contribution in [1.29, 1.82) is 0 Å². The average Bonchev–Trinajstić information content (AvgIpc) is 2.69. The Morgan fingerprint density at radius 3 is 2.15 bits per heavy atom. The van der Waals surface area contributed by atoms with Crippen molar-refractivity contribution in [2.24, 2.45) is 0 Å². The van der Waals surface area contributed by atoms with Gasteiger partial charge in [-0.3, -0.25) is 14.5 Å². The van der Waals surface area contributed by atoms with Crippen molar-refractivity contribution in [1.82, 2.24) is 14.7 Å². The summed E-state index contributed by atoms with van der Waals surface area (Å²) in [5, 5.41) is 0. The van der Waals surface area contributed by atoms with Crippen LogP contribution in [0.2, 0.25) is 0 Å². The molecule has 0 atom stereocenters. The van der Waals surface area contributed by atoms with Gasteiger partial charge in [-0.25, -0.2) is 0 Å². The Bertz CT molecular complexity index is 618. The molecule has 0 bridgehead atoms. The van der Waals surface area contributed by atoms with Crippen LogP contribution in [0.25, 0.3) is 0 Å². The molecule has 1 aromatic carbocycles. The maximum Gasteiger partial charge on any atom is 0.236 e. The Morgan fingerprint density at radius 2 is 1.54 bits per heavy atom. The van der Waals surface area contributed by atoms with Gasteiger partial charge in [-0.15, -0.1) is 0 Å². The summed E-state index contributed by atoms with van der Waals surface area (Å²) in [6.07, 6.45) is 0. The van der Waals surface area contributed by atoms with Crippen molar-refractivity contribution in [2.45, 2.75) is 19.3 Å². The highest BCUT2D eigenvalue weighted by Crippen LogP contribution is 2.26. The number of carbonyl (C=O) groups excluding carboxylic acids is 2. The smallest absolute Gasteiger partial charge is 0.236 e. The fourth-order valence-corrected chi connectivity index (χ4v) is 3.59. The van der Waals surface area contributed by atoms with E-state index in [9.17, 15) is 9.59 Å². The van der Waals surface area contributed by atoms with E-state index in [1.807, 2.05) is 54.0 Å². The molecule has 2 heterocycles. The van der Waals surface area contributed by atoms with Gasteiger partial charge >= 0.3 is 0 Å². The first-order valence-electron chi connectivity index (χ1n) is 9.41. The second kappa shape index (κ2) is 8.18. The summed E-state index contributed by atoms with van der Waals surface area (Å²) in [6, 6.07) is 9.93. The zero-order chi connectivity index (χ0) is 18.6. The number of benzene rings is 1. The Balaban J connectivity index is 1.51. The summed E-state index contributed by atoms with van der Waals surface area (Å²) < 4.78 is 5.30. The summed E-state index contributed by atoms with van der Waals surface area (Å²) in [7, 11) is 0. The summed E-state index contributed by atoms with van der Waals surface area (Å²) in [5.74, 6) is 0.320. The lowest BCUT2D eigenvalue weighted by Gasteiger charge is -2.39. The molecule has 0 N–H and O–H groups in total. The molecule has 2 aliphatic heterocycles. The van der Waals surface area contributed by atoms with E-state index in [0.717, 1.165) is 18.7 Å². The molecule has 0 spiro atoms. The monoisotopic (exact) mass is 359 g/mol. The van der Waals surface area contributed by atoms with Crippen molar-refractivity contribution in [3.8, 4) is 0 Å². The molecule has 0 radical (unpaired) electrons. The predicted molar refractivity (Wildman–Crippen MR) is 99.9 cm³/mol. The SMILES string of the molecule is CC(C)(C(=O)N1CCN(CC(=O)N2CCOCC2)CC1)c1ccccc1. The van der Waals surface area contributed by atoms with Crippen LogP contribution in [0.3, 0.4) is 0 Å². The molecule has 0 aromatic heterocycles. The summed E-state index contributed by atoms with van der Waals surface area (Å²) >= 11 is 0. The molecular formula is C20H29N3O3. The van der Waals surface area contributed by atoms with E-state index in [2.05, 4.69) is 4.90 Å². The number of carbonyl (C=O) groups is 2. The zero-order valence-electron chi connectivity index (χ0n) is 15.8. The van der Waals surface area contributed by atoms with E-state index in [4.69, 9.17) is 4.74 Å². The number of amides is 2. The first kappa shape index (κ1) is 18.9. The Hall–Kier alpha value is -1.92. The lowest BCUT2D eigenvalue weighted by atomic mass is 9.83. The quantitative estimate of drug-likeness (QED) is 0.804. The molecular weight excluding hydrogens is 330 g/mol. The average molecular weight is 359 g/mol. The number of hydrogen-bond acceptors (Lipinski definition) is 4. The standard InChI is InChI=1S/C20H29N3O3/c1-20(2,17-6-4-3-5-7-17)19(25)23-10-8-21(9-11-23)16-18(24)22-12-14-26-15-13-22/h3-7H,8-16H2,1-2H3. The predicted octanol–water partition coefficient (Wildman–Crippen LogP) is 0.967. The highest BCUT2D eigenvalue weighted by atomic mass is 16.5. The molecule has 0 unspecified atom stereocenters. The molecule has 2 aliphatic rings. The molecule has 0 aliphatic carbocycles. The minimum absolute atomic E-state index is 0.155. The normalized spacial score (nSPS) is 19.5. The second-order valence-corrected chi connectivity index (χ2v) is 7.55. The largest absolute Gasteiger partial charge is 0.378 e. The van der Waals surface area contributed by atoms with Crippen LogP contribution in [0, 0.1) is 0 Å². The van der Waals surface area contributed by atoms with Crippen LogP contribution < -0.4 is 0 Å². The van der Waals surface area contributed by atoms with Crippen LogP contribution in [0.4, 0.5) is 0 Å².